The van der Waals surface area contributed by atoms with Gasteiger partial charge in [0.05, 0.1) is 6.42 Å². The summed E-state index contributed by atoms with van der Waals surface area (Å²) in [5.74, 6) is -1.93. The van der Waals surface area contributed by atoms with Crippen molar-refractivity contribution in [1.29, 1.82) is 0 Å². The SMILES string of the molecule is O=C(O)CCNc1cccc2c1CN(C1CCC(=O)NC1=O)C2=O. The molecule has 0 aromatic heterocycles. The minimum Gasteiger partial charge on any atom is -0.481 e. The Kier molecular flexibility index (Phi) is 4.20. The largest absolute Gasteiger partial charge is 0.481 e. The van der Waals surface area contributed by atoms with Gasteiger partial charge in [0.15, 0.2) is 0 Å². The van der Waals surface area contributed by atoms with Gasteiger partial charge in [0, 0.05) is 36.3 Å². The van der Waals surface area contributed by atoms with Gasteiger partial charge in [0.25, 0.3) is 5.91 Å². The van der Waals surface area contributed by atoms with E-state index in [4.69, 9.17) is 5.11 Å². The Morgan fingerprint density at radius 3 is 2.83 bits per heavy atom. The number of carboxylic acids is 1. The summed E-state index contributed by atoms with van der Waals surface area (Å²) in [4.78, 5) is 48.0. The van der Waals surface area contributed by atoms with Gasteiger partial charge in [-0.2, -0.15) is 0 Å². The molecule has 0 saturated carbocycles. The monoisotopic (exact) mass is 331 g/mol. The molecular formula is C16H17N3O5. The van der Waals surface area contributed by atoms with Crippen molar-refractivity contribution in [1.82, 2.24) is 10.2 Å². The summed E-state index contributed by atoms with van der Waals surface area (Å²) >= 11 is 0. The number of nitrogens with zero attached hydrogens (tertiary/aromatic N) is 1. The number of hydrogen-bond donors (Lipinski definition) is 3. The topological polar surface area (TPSA) is 116 Å². The van der Waals surface area contributed by atoms with Gasteiger partial charge in [-0.15, -0.1) is 0 Å². The average Bonchev–Trinajstić information content (AvgIpc) is 2.85. The number of aliphatic carboxylic acids is 1. The molecule has 1 aromatic carbocycles. The van der Waals surface area contributed by atoms with Gasteiger partial charge in [0.2, 0.25) is 11.8 Å². The fourth-order valence-electron chi connectivity index (χ4n) is 3.06. The third-order valence-electron chi connectivity index (χ3n) is 4.24. The molecule has 0 bridgehead atoms. The van der Waals surface area contributed by atoms with Crippen LogP contribution in [0.5, 0.6) is 0 Å². The van der Waals surface area contributed by atoms with E-state index >= 15 is 0 Å². The van der Waals surface area contributed by atoms with Crippen molar-refractivity contribution < 1.29 is 24.3 Å². The minimum absolute atomic E-state index is 0.0333. The maximum absolute atomic E-state index is 12.6. The molecule has 24 heavy (non-hydrogen) atoms. The van der Waals surface area contributed by atoms with Crippen LogP contribution in [-0.4, -0.2) is 46.3 Å². The number of carbonyl (C=O) groups excluding carboxylic acids is 3. The molecule has 2 aliphatic rings. The van der Waals surface area contributed by atoms with Crippen LogP contribution in [0, 0.1) is 0 Å². The number of imide groups is 1. The maximum Gasteiger partial charge on any atom is 0.305 e. The quantitative estimate of drug-likeness (QED) is 0.670. The highest BCUT2D eigenvalue weighted by Gasteiger charge is 2.39. The number of amides is 3. The van der Waals surface area contributed by atoms with Crippen LogP contribution in [0.25, 0.3) is 0 Å². The molecular weight excluding hydrogens is 314 g/mol. The summed E-state index contributed by atoms with van der Waals surface area (Å²) < 4.78 is 0. The van der Waals surface area contributed by atoms with E-state index in [1.165, 1.54) is 4.90 Å². The van der Waals surface area contributed by atoms with Crippen molar-refractivity contribution in [2.75, 3.05) is 11.9 Å². The third-order valence-corrected chi connectivity index (χ3v) is 4.24. The van der Waals surface area contributed by atoms with Crippen molar-refractivity contribution in [3.05, 3.63) is 29.3 Å². The van der Waals surface area contributed by atoms with E-state index < -0.39 is 17.9 Å². The smallest absolute Gasteiger partial charge is 0.305 e. The molecule has 2 heterocycles. The Hall–Kier alpha value is -2.90. The number of piperidine rings is 1. The third kappa shape index (κ3) is 2.94. The first kappa shape index (κ1) is 16.0. The Labute approximate surface area is 137 Å². The molecule has 8 heteroatoms. The number of carbonyl (C=O) groups is 4. The Bertz CT molecular complexity index is 730. The number of carboxylic acid groups (broad SMARTS) is 1. The van der Waals surface area contributed by atoms with E-state index in [9.17, 15) is 19.2 Å². The van der Waals surface area contributed by atoms with Gasteiger partial charge in [-0.1, -0.05) is 6.07 Å². The molecule has 3 amide bonds. The van der Waals surface area contributed by atoms with Crippen LogP contribution < -0.4 is 10.6 Å². The molecule has 8 nitrogen and oxygen atoms in total. The van der Waals surface area contributed by atoms with Gasteiger partial charge in [-0.25, -0.2) is 0 Å². The van der Waals surface area contributed by atoms with Gasteiger partial charge < -0.3 is 15.3 Å². The van der Waals surface area contributed by atoms with Gasteiger partial charge >= 0.3 is 5.97 Å². The number of rotatable bonds is 5. The van der Waals surface area contributed by atoms with Crippen molar-refractivity contribution in [3.63, 3.8) is 0 Å². The van der Waals surface area contributed by atoms with E-state index in [0.29, 0.717) is 17.7 Å². The molecule has 1 saturated heterocycles. The summed E-state index contributed by atoms with van der Waals surface area (Å²) in [6.07, 6.45) is 0.487. The van der Waals surface area contributed by atoms with Gasteiger partial charge in [-0.05, 0) is 18.6 Å². The predicted molar refractivity (Wildman–Crippen MR) is 83.2 cm³/mol. The highest BCUT2D eigenvalue weighted by molar-refractivity contribution is 6.06. The molecule has 0 radical (unpaired) electrons. The number of benzene rings is 1. The lowest BCUT2D eigenvalue weighted by Crippen LogP contribution is -2.52. The van der Waals surface area contributed by atoms with E-state index in [2.05, 4.69) is 10.6 Å². The molecule has 1 aromatic rings. The number of fused-ring (bicyclic) bond motifs is 1. The van der Waals surface area contributed by atoms with Crippen molar-refractivity contribution in [2.24, 2.45) is 0 Å². The maximum atomic E-state index is 12.6. The highest BCUT2D eigenvalue weighted by atomic mass is 16.4. The second-order valence-corrected chi connectivity index (χ2v) is 5.80. The first-order chi connectivity index (χ1) is 11.5. The van der Waals surface area contributed by atoms with Crippen LogP contribution in [0.15, 0.2) is 18.2 Å². The Morgan fingerprint density at radius 2 is 2.12 bits per heavy atom. The van der Waals surface area contributed by atoms with E-state index in [1.807, 2.05) is 0 Å². The number of hydrogen-bond acceptors (Lipinski definition) is 5. The van der Waals surface area contributed by atoms with E-state index in [1.54, 1.807) is 18.2 Å². The van der Waals surface area contributed by atoms with Crippen LogP contribution in [0.1, 0.15) is 35.2 Å². The summed E-state index contributed by atoms with van der Waals surface area (Å²) in [6.45, 7) is 0.509. The summed E-state index contributed by atoms with van der Waals surface area (Å²) in [5.41, 5.74) is 1.94. The fraction of sp³-hybridized carbons (Fsp3) is 0.375. The standard InChI is InChI=1S/C16H17N3O5/c20-13-5-4-12(15(23)18-13)19-8-10-9(16(19)24)2-1-3-11(10)17-7-6-14(21)22/h1-3,12,17H,4-8H2,(H,21,22)(H,18,20,23). The average molecular weight is 331 g/mol. The zero-order valence-corrected chi connectivity index (χ0v) is 12.9. The lowest BCUT2D eigenvalue weighted by Gasteiger charge is -2.29. The molecule has 3 N–H and O–H groups in total. The summed E-state index contributed by atoms with van der Waals surface area (Å²) in [7, 11) is 0. The van der Waals surface area contributed by atoms with Crippen molar-refractivity contribution in [2.45, 2.75) is 31.8 Å². The molecule has 1 unspecified atom stereocenters. The second kappa shape index (κ2) is 6.31. The Balaban J connectivity index is 1.78. The molecule has 1 atom stereocenters. The summed E-state index contributed by atoms with van der Waals surface area (Å²) in [6, 6.07) is 4.52. The van der Waals surface area contributed by atoms with Crippen LogP contribution in [-0.2, 0) is 20.9 Å². The molecule has 0 aliphatic carbocycles. The second-order valence-electron chi connectivity index (χ2n) is 5.80. The van der Waals surface area contributed by atoms with Gasteiger partial charge in [-0.3, -0.25) is 24.5 Å². The van der Waals surface area contributed by atoms with Crippen LogP contribution in [0.2, 0.25) is 0 Å². The van der Waals surface area contributed by atoms with E-state index in [-0.39, 0.29) is 37.7 Å². The first-order valence-corrected chi connectivity index (χ1v) is 7.69. The molecule has 0 spiro atoms. The zero-order chi connectivity index (χ0) is 17.3. The van der Waals surface area contributed by atoms with Gasteiger partial charge in [0.1, 0.15) is 6.04 Å². The number of anilines is 1. The fourth-order valence-corrected chi connectivity index (χ4v) is 3.06. The molecule has 126 valence electrons. The normalized spacial score (nSPS) is 19.9. The highest BCUT2D eigenvalue weighted by Crippen LogP contribution is 2.32. The van der Waals surface area contributed by atoms with Crippen molar-refractivity contribution in [3.8, 4) is 0 Å². The van der Waals surface area contributed by atoms with Crippen molar-refractivity contribution >= 4 is 29.4 Å². The summed E-state index contributed by atoms with van der Waals surface area (Å²) in [5, 5.41) is 14.0. The van der Waals surface area contributed by atoms with E-state index in [0.717, 1.165) is 5.56 Å². The molecule has 2 aliphatic heterocycles. The Morgan fingerprint density at radius 1 is 1.33 bits per heavy atom. The lowest BCUT2D eigenvalue weighted by atomic mass is 10.0. The van der Waals surface area contributed by atoms with Crippen LogP contribution in [0.3, 0.4) is 0 Å². The lowest BCUT2D eigenvalue weighted by molar-refractivity contribution is -0.138. The zero-order valence-electron chi connectivity index (χ0n) is 12.9. The molecule has 3 rings (SSSR count). The first-order valence-electron chi connectivity index (χ1n) is 7.69. The predicted octanol–water partition coefficient (Wildman–Crippen LogP) is 0.334. The number of nitrogens with one attached hydrogen (secondary N) is 2. The van der Waals surface area contributed by atoms with Crippen LogP contribution in [0.4, 0.5) is 5.69 Å². The van der Waals surface area contributed by atoms with Crippen LogP contribution >= 0.6 is 0 Å². The molecule has 1 fully saturated rings. The minimum atomic E-state index is -0.906.